The molecule has 0 aliphatic heterocycles. The summed E-state index contributed by atoms with van der Waals surface area (Å²) in [6.07, 6.45) is 0.633. The molecule has 0 aliphatic carbocycles. The zero-order valence-electron chi connectivity index (χ0n) is 9.61. The maximum atomic E-state index is 11.9. The number of ether oxygens (including phenoxy) is 1. The van der Waals surface area contributed by atoms with E-state index < -0.39 is 5.97 Å². The van der Waals surface area contributed by atoms with Crippen LogP contribution in [0.15, 0.2) is 23.0 Å². The molecule has 5 nitrogen and oxygen atoms in total. The quantitative estimate of drug-likeness (QED) is 0.791. The highest BCUT2D eigenvalue weighted by Crippen LogP contribution is 2.14. The van der Waals surface area contributed by atoms with Gasteiger partial charge in [-0.2, -0.15) is 0 Å². The number of H-pyrrole nitrogens is 1. The minimum Gasteiger partial charge on any atom is -0.465 e. The molecule has 1 N–H and O–H groups in total. The summed E-state index contributed by atoms with van der Waals surface area (Å²) in [4.78, 5) is 30.3. The lowest BCUT2D eigenvalue weighted by molar-refractivity contribution is 0.0603. The van der Waals surface area contributed by atoms with Crippen LogP contribution in [0.2, 0.25) is 0 Å². The highest BCUT2D eigenvalue weighted by molar-refractivity contribution is 6.02. The first-order valence-corrected chi connectivity index (χ1v) is 5.27. The molecule has 0 saturated heterocycles. The second-order valence-electron chi connectivity index (χ2n) is 3.56. The summed E-state index contributed by atoms with van der Waals surface area (Å²) < 4.78 is 4.64. The van der Waals surface area contributed by atoms with Crippen molar-refractivity contribution in [3.63, 3.8) is 0 Å². The fourth-order valence-corrected chi connectivity index (χ4v) is 1.69. The van der Waals surface area contributed by atoms with Crippen LogP contribution in [0.4, 0.5) is 0 Å². The van der Waals surface area contributed by atoms with Crippen molar-refractivity contribution < 1.29 is 9.53 Å². The number of aromatic amines is 1. The third kappa shape index (κ3) is 1.91. The number of nitrogens with one attached hydrogen (secondary N) is 1. The van der Waals surface area contributed by atoms with Crippen molar-refractivity contribution in [2.45, 2.75) is 13.3 Å². The molecule has 17 heavy (non-hydrogen) atoms. The number of methoxy groups -OCH3 is 1. The van der Waals surface area contributed by atoms with Gasteiger partial charge >= 0.3 is 5.97 Å². The van der Waals surface area contributed by atoms with E-state index in [1.165, 1.54) is 7.11 Å². The molecule has 0 saturated carbocycles. The van der Waals surface area contributed by atoms with Crippen LogP contribution in [0.1, 0.15) is 23.1 Å². The van der Waals surface area contributed by atoms with Crippen molar-refractivity contribution in [2.24, 2.45) is 0 Å². The molecule has 1 aromatic carbocycles. The number of benzene rings is 1. The first-order chi connectivity index (χ1) is 8.17. The molecule has 0 spiro atoms. The standard InChI is InChI=1S/C12H12N2O3/c1-3-9-13-8-6-4-5-7(12(16)17-2)10(8)11(15)14-9/h4-6H,3H2,1-2H3,(H,13,14,15). The number of esters is 1. The largest absolute Gasteiger partial charge is 0.465 e. The van der Waals surface area contributed by atoms with Crippen molar-refractivity contribution in [3.05, 3.63) is 39.9 Å². The number of aryl methyl sites for hydroxylation is 1. The second kappa shape index (κ2) is 4.37. The summed E-state index contributed by atoms with van der Waals surface area (Å²) in [6, 6.07) is 4.94. The van der Waals surface area contributed by atoms with E-state index in [1.807, 2.05) is 6.92 Å². The van der Waals surface area contributed by atoms with Crippen LogP contribution >= 0.6 is 0 Å². The average molecular weight is 232 g/mol. The van der Waals surface area contributed by atoms with Crippen molar-refractivity contribution in [1.82, 2.24) is 9.97 Å². The van der Waals surface area contributed by atoms with Crippen LogP contribution in [0.25, 0.3) is 10.9 Å². The van der Waals surface area contributed by atoms with Crippen LogP contribution in [-0.2, 0) is 11.2 Å². The number of nitrogens with zero attached hydrogens (tertiary/aromatic N) is 1. The number of hydrogen-bond acceptors (Lipinski definition) is 4. The van der Waals surface area contributed by atoms with Gasteiger partial charge in [0.25, 0.3) is 5.56 Å². The Kier molecular flexibility index (Phi) is 2.91. The van der Waals surface area contributed by atoms with E-state index in [-0.39, 0.29) is 16.5 Å². The Balaban J connectivity index is 2.81. The summed E-state index contributed by atoms with van der Waals surface area (Å²) in [7, 11) is 1.28. The summed E-state index contributed by atoms with van der Waals surface area (Å²) in [5.41, 5.74) is 0.433. The predicted molar refractivity (Wildman–Crippen MR) is 63.1 cm³/mol. The molecule has 0 amide bonds. The van der Waals surface area contributed by atoms with E-state index in [0.717, 1.165) is 0 Å². The van der Waals surface area contributed by atoms with Crippen LogP contribution in [0.3, 0.4) is 0 Å². The summed E-state index contributed by atoms with van der Waals surface area (Å²) in [6.45, 7) is 1.90. The molecule has 0 bridgehead atoms. The molecule has 88 valence electrons. The normalized spacial score (nSPS) is 10.5. The molecule has 2 aromatic rings. The summed E-state index contributed by atoms with van der Waals surface area (Å²) >= 11 is 0. The maximum absolute atomic E-state index is 11.9. The maximum Gasteiger partial charge on any atom is 0.338 e. The molecule has 0 unspecified atom stereocenters. The van der Waals surface area contributed by atoms with E-state index in [0.29, 0.717) is 17.8 Å². The Morgan fingerprint density at radius 3 is 2.88 bits per heavy atom. The van der Waals surface area contributed by atoms with Gasteiger partial charge in [0, 0.05) is 6.42 Å². The van der Waals surface area contributed by atoms with Gasteiger partial charge in [0.2, 0.25) is 0 Å². The van der Waals surface area contributed by atoms with Crippen molar-refractivity contribution in [1.29, 1.82) is 0 Å². The number of aromatic nitrogens is 2. The fraction of sp³-hybridized carbons (Fsp3) is 0.250. The molecule has 0 radical (unpaired) electrons. The lowest BCUT2D eigenvalue weighted by Crippen LogP contribution is -2.15. The van der Waals surface area contributed by atoms with Gasteiger partial charge in [-0.15, -0.1) is 0 Å². The highest BCUT2D eigenvalue weighted by Gasteiger charge is 2.14. The number of carbonyl (C=O) groups is 1. The third-order valence-corrected chi connectivity index (χ3v) is 2.52. The van der Waals surface area contributed by atoms with Gasteiger partial charge < -0.3 is 9.72 Å². The lowest BCUT2D eigenvalue weighted by atomic mass is 10.1. The molecule has 0 atom stereocenters. The average Bonchev–Trinajstić information content (AvgIpc) is 2.36. The first-order valence-electron chi connectivity index (χ1n) is 5.27. The predicted octanol–water partition coefficient (Wildman–Crippen LogP) is 1.27. The molecule has 5 heteroatoms. The zero-order valence-corrected chi connectivity index (χ0v) is 9.61. The number of carbonyl (C=O) groups excluding carboxylic acids is 1. The highest BCUT2D eigenvalue weighted by atomic mass is 16.5. The second-order valence-corrected chi connectivity index (χ2v) is 3.56. The lowest BCUT2D eigenvalue weighted by Gasteiger charge is -2.04. The molecule has 1 heterocycles. The zero-order chi connectivity index (χ0) is 12.4. The van der Waals surface area contributed by atoms with E-state index in [2.05, 4.69) is 14.7 Å². The van der Waals surface area contributed by atoms with Gasteiger partial charge in [-0.05, 0) is 12.1 Å². The number of fused-ring (bicyclic) bond motifs is 1. The fourth-order valence-electron chi connectivity index (χ4n) is 1.69. The van der Waals surface area contributed by atoms with E-state index >= 15 is 0 Å². The Labute approximate surface area is 97.4 Å². The van der Waals surface area contributed by atoms with E-state index in [4.69, 9.17) is 0 Å². The summed E-state index contributed by atoms with van der Waals surface area (Å²) in [5.74, 6) is 0.0664. The van der Waals surface area contributed by atoms with Gasteiger partial charge in [0.15, 0.2) is 0 Å². The number of rotatable bonds is 2. The van der Waals surface area contributed by atoms with E-state index in [9.17, 15) is 9.59 Å². The van der Waals surface area contributed by atoms with Crippen LogP contribution in [-0.4, -0.2) is 23.0 Å². The third-order valence-electron chi connectivity index (χ3n) is 2.52. The van der Waals surface area contributed by atoms with Crippen molar-refractivity contribution in [2.75, 3.05) is 7.11 Å². The van der Waals surface area contributed by atoms with Crippen LogP contribution in [0.5, 0.6) is 0 Å². The van der Waals surface area contributed by atoms with Gasteiger partial charge in [0.1, 0.15) is 5.82 Å². The van der Waals surface area contributed by atoms with Crippen LogP contribution in [0, 0.1) is 0 Å². The van der Waals surface area contributed by atoms with Gasteiger partial charge in [-0.1, -0.05) is 13.0 Å². The minimum absolute atomic E-state index is 0.237. The van der Waals surface area contributed by atoms with Crippen molar-refractivity contribution in [3.8, 4) is 0 Å². The van der Waals surface area contributed by atoms with Gasteiger partial charge in [-0.3, -0.25) is 4.79 Å². The molecule has 0 aliphatic rings. The van der Waals surface area contributed by atoms with Crippen molar-refractivity contribution >= 4 is 16.9 Å². The molecular weight excluding hydrogens is 220 g/mol. The monoisotopic (exact) mass is 232 g/mol. The summed E-state index contributed by atoms with van der Waals surface area (Å²) in [5, 5.41) is 0.275. The molecule has 1 aromatic heterocycles. The first kappa shape index (κ1) is 11.3. The topological polar surface area (TPSA) is 72.0 Å². The Hall–Kier alpha value is -2.17. The molecule has 0 fully saturated rings. The molecule has 2 rings (SSSR count). The Bertz CT molecular complexity index is 631. The van der Waals surface area contributed by atoms with E-state index in [1.54, 1.807) is 18.2 Å². The minimum atomic E-state index is -0.535. The smallest absolute Gasteiger partial charge is 0.338 e. The number of hydrogen-bond donors (Lipinski definition) is 1. The Morgan fingerprint density at radius 1 is 1.47 bits per heavy atom. The van der Waals surface area contributed by atoms with Gasteiger partial charge in [0.05, 0.1) is 23.6 Å². The molecular formula is C12H12N2O3. The van der Waals surface area contributed by atoms with Gasteiger partial charge in [-0.25, -0.2) is 9.78 Å². The van der Waals surface area contributed by atoms with Crippen LogP contribution < -0.4 is 5.56 Å². The Morgan fingerprint density at radius 2 is 2.24 bits per heavy atom. The SMILES string of the molecule is CCc1nc2cccc(C(=O)OC)c2c(=O)[nH]1.